The minimum Gasteiger partial charge on any atom is -0.338 e. The minimum absolute atomic E-state index is 0.131. The summed E-state index contributed by atoms with van der Waals surface area (Å²) in [6.07, 6.45) is -1.90. The maximum atomic E-state index is 12.5. The lowest BCUT2D eigenvalue weighted by Gasteiger charge is -2.38. The molecule has 1 unspecified atom stereocenters. The van der Waals surface area contributed by atoms with E-state index in [0.717, 1.165) is 42.0 Å². The number of piperazine rings is 1. The van der Waals surface area contributed by atoms with Gasteiger partial charge in [-0.2, -0.15) is 13.2 Å². The number of fused-ring (bicyclic) bond motifs is 1. The molecule has 2 atom stereocenters. The van der Waals surface area contributed by atoms with Crippen molar-refractivity contribution in [2.75, 3.05) is 37.3 Å². The van der Waals surface area contributed by atoms with Gasteiger partial charge in [0.25, 0.3) is 0 Å². The van der Waals surface area contributed by atoms with Crippen LogP contribution in [0.15, 0.2) is 45.4 Å². The van der Waals surface area contributed by atoms with Crippen molar-refractivity contribution in [3.63, 3.8) is 0 Å². The van der Waals surface area contributed by atoms with E-state index in [9.17, 15) is 22.2 Å². The molecule has 1 aliphatic heterocycles. The van der Waals surface area contributed by atoms with Crippen LogP contribution in [0.3, 0.4) is 0 Å². The molecule has 1 fully saturated rings. The number of hydrogen-bond acceptors (Lipinski definition) is 8. The molecule has 0 bridgehead atoms. The van der Waals surface area contributed by atoms with Gasteiger partial charge in [-0.3, -0.25) is 9.69 Å². The molecular formula is C20H21F3N6O2S2. The van der Waals surface area contributed by atoms with Crippen molar-refractivity contribution in [3.05, 3.63) is 41.7 Å². The van der Waals surface area contributed by atoms with Gasteiger partial charge >= 0.3 is 12.1 Å². The van der Waals surface area contributed by atoms with E-state index >= 15 is 0 Å². The first-order chi connectivity index (χ1) is 15.5. The van der Waals surface area contributed by atoms with Gasteiger partial charge in [0.1, 0.15) is 0 Å². The van der Waals surface area contributed by atoms with Crippen LogP contribution in [-0.2, 0) is 14.5 Å². The SMILES string of the molecule is C[C@@H](c1ccc2scnc2c1)N1CCN(c2ncc(S(C)(=O)=NC(=O)C(F)(F)F)cn2)CC1. The third-order valence-electron chi connectivity index (χ3n) is 5.53. The maximum absolute atomic E-state index is 12.5. The van der Waals surface area contributed by atoms with Gasteiger partial charge in [0.05, 0.1) is 30.4 Å². The molecule has 3 aromatic rings. The number of aromatic nitrogens is 3. The third-order valence-corrected chi connectivity index (χ3v) is 7.94. The molecule has 0 N–H and O–H groups in total. The molecule has 8 nitrogen and oxygen atoms in total. The normalized spacial score (nSPS) is 18.2. The van der Waals surface area contributed by atoms with Crippen molar-refractivity contribution in [2.24, 2.45) is 4.36 Å². The number of halogens is 3. The van der Waals surface area contributed by atoms with E-state index in [1.54, 1.807) is 11.3 Å². The van der Waals surface area contributed by atoms with Crippen molar-refractivity contribution in [3.8, 4) is 0 Å². The second-order valence-electron chi connectivity index (χ2n) is 7.69. The largest absolute Gasteiger partial charge is 0.474 e. The Hall–Kier alpha value is -2.64. The molecule has 1 aromatic carbocycles. The van der Waals surface area contributed by atoms with E-state index < -0.39 is 21.8 Å². The summed E-state index contributed by atoms with van der Waals surface area (Å²) in [5.74, 6) is -2.01. The highest BCUT2D eigenvalue weighted by Crippen LogP contribution is 2.27. The molecule has 1 saturated heterocycles. The highest BCUT2D eigenvalue weighted by atomic mass is 32.2. The zero-order chi connectivity index (χ0) is 23.8. The molecule has 0 radical (unpaired) electrons. The smallest absolute Gasteiger partial charge is 0.338 e. The van der Waals surface area contributed by atoms with Crippen molar-refractivity contribution < 1.29 is 22.2 Å². The van der Waals surface area contributed by atoms with Crippen molar-refractivity contribution in [2.45, 2.75) is 24.0 Å². The molecule has 0 saturated carbocycles. The number of rotatable bonds is 4. The number of anilines is 1. The second-order valence-corrected chi connectivity index (χ2v) is 10.8. The minimum atomic E-state index is -5.18. The highest BCUT2D eigenvalue weighted by Gasteiger charge is 2.39. The van der Waals surface area contributed by atoms with Gasteiger partial charge in [-0.15, -0.1) is 15.7 Å². The Labute approximate surface area is 192 Å². The van der Waals surface area contributed by atoms with E-state index in [1.165, 1.54) is 5.56 Å². The predicted octanol–water partition coefficient (Wildman–Crippen LogP) is 3.52. The average Bonchev–Trinajstić information content (AvgIpc) is 3.26. The first-order valence-corrected chi connectivity index (χ1v) is 12.8. The second kappa shape index (κ2) is 8.95. The number of carbonyl (C=O) groups is 1. The van der Waals surface area contributed by atoms with E-state index in [1.807, 2.05) is 10.4 Å². The first-order valence-electron chi connectivity index (χ1n) is 10.0. The zero-order valence-electron chi connectivity index (χ0n) is 17.8. The summed E-state index contributed by atoms with van der Waals surface area (Å²) >= 11 is 1.61. The number of carbonyl (C=O) groups excluding carboxylic acids is 1. The lowest BCUT2D eigenvalue weighted by molar-refractivity contribution is -0.169. The molecule has 1 amide bonds. The van der Waals surface area contributed by atoms with Crippen LogP contribution in [-0.4, -0.2) is 68.6 Å². The molecule has 0 aliphatic carbocycles. The molecule has 0 spiro atoms. The van der Waals surface area contributed by atoms with Gasteiger partial charge in [0.15, 0.2) is 0 Å². The van der Waals surface area contributed by atoms with E-state index in [2.05, 4.69) is 49.3 Å². The average molecular weight is 499 g/mol. The summed E-state index contributed by atoms with van der Waals surface area (Å²) in [6.45, 7) is 4.99. The lowest BCUT2D eigenvalue weighted by atomic mass is 10.1. The van der Waals surface area contributed by atoms with Crippen LogP contribution in [0.5, 0.6) is 0 Å². The van der Waals surface area contributed by atoms with E-state index in [4.69, 9.17) is 0 Å². The number of alkyl halides is 3. The van der Waals surface area contributed by atoms with Crippen LogP contribution in [0.2, 0.25) is 0 Å². The Bertz CT molecular complexity index is 1280. The fraction of sp³-hybridized carbons (Fsp3) is 0.400. The van der Waals surface area contributed by atoms with Crippen LogP contribution in [0.4, 0.5) is 19.1 Å². The Kier molecular flexibility index (Phi) is 6.38. The first kappa shape index (κ1) is 23.5. The van der Waals surface area contributed by atoms with E-state index in [-0.39, 0.29) is 10.9 Å². The van der Waals surface area contributed by atoms with Gasteiger partial charge in [-0.25, -0.2) is 19.2 Å². The van der Waals surface area contributed by atoms with Gasteiger partial charge in [-0.1, -0.05) is 6.07 Å². The van der Waals surface area contributed by atoms with Crippen molar-refractivity contribution >= 4 is 43.1 Å². The molecule has 1 aliphatic rings. The summed E-state index contributed by atoms with van der Waals surface area (Å²) in [4.78, 5) is 27.9. The Morgan fingerprint density at radius 2 is 1.82 bits per heavy atom. The standard InChI is InChI=1S/C20H21F3N6O2S2/c1-13(14-3-4-17-16(9-14)26-12-32-17)28-5-7-29(8-6-28)19-24-10-15(11-25-19)33(2,31)27-18(30)20(21,22)23/h3-4,9-13H,5-8H2,1-2H3/t13-,33?/m0/s1. The van der Waals surface area contributed by atoms with Crippen LogP contribution in [0.1, 0.15) is 18.5 Å². The number of amides is 1. The molecule has 3 heterocycles. The summed E-state index contributed by atoms with van der Waals surface area (Å²) in [5, 5.41) is 0. The molecule has 2 aromatic heterocycles. The third kappa shape index (κ3) is 5.14. The number of nitrogens with zero attached hydrogens (tertiary/aromatic N) is 6. The van der Waals surface area contributed by atoms with Gasteiger partial charge in [-0.05, 0) is 24.6 Å². The fourth-order valence-corrected chi connectivity index (χ4v) is 5.27. The summed E-state index contributed by atoms with van der Waals surface area (Å²) in [7, 11) is -3.60. The Balaban J connectivity index is 1.41. The van der Waals surface area contributed by atoms with Crippen LogP contribution >= 0.6 is 11.3 Å². The summed E-state index contributed by atoms with van der Waals surface area (Å²) in [6, 6.07) is 6.53. The number of thiazole rings is 1. The van der Waals surface area contributed by atoms with Gasteiger partial charge in [0, 0.05) is 50.9 Å². The predicted molar refractivity (Wildman–Crippen MR) is 120 cm³/mol. The van der Waals surface area contributed by atoms with Crippen LogP contribution < -0.4 is 4.90 Å². The van der Waals surface area contributed by atoms with E-state index in [0.29, 0.717) is 19.0 Å². The number of benzene rings is 1. The lowest BCUT2D eigenvalue weighted by Crippen LogP contribution is -2.47. The fourth-order valence-electron chi connectivity index (χ4n) is 3.59. The van der Waals surface area contributed by atoms with Gasteiger partial charge in [0.2, 0.25) is 5.95 Å². The quantitative estimate of drug-likeness (QED) is 0.544. The summed E-state index contributed by atoms with van der Waals surface area (Å²) in [5.41, 5.74) is 4.02. The topological polar surface area (TPSA) is 91.7 Å². The van der Waals surface area contributed by atoms with Crippen LogP contribution in [0, 0.1) is 0 Å². The maximum Gasteiger partial charge on any atom is 0.474 e. The summed E-state index contributed by atoms with van der Waals surface area (Å²) < 4.78 is 53.8. The monoisotopic (exact) mass is 498 g/mol. The molecular weight excluding hydrogens is 477 g/mol. The van der Waals surface area contributed by atoms with Crippen LogP contribution in [0.25, 0.3) is 10.2 Å². The molecule has 13 heteroatoms. The molecule has 33 heavy (non-hydrogen) atoms. The Morgan fingerprint density at radius 1 is 1.15 bits per heavy atom. The molecule has 176 valence electrons. The number of hydrogen-bond donors (Lipinski definition) is 0. The highest BCUT2D eigenvalue weighted by molar-refractivity contribution is 7.93. The Morgan fingerprint density at radius 3 is 2.45 bits per heavy atom. The van der Waals surface area contributed by atoms with Gasteiger partial charge < -0.3 is 4.90 Å². The zero-order valence-corrected chi connectivity index (χ0v) is 19.5. The van der Waals surface area contributed by atoms with Crippen molar-refractivity contribution in [1.29, 1.82) is 0 Å². The van der Waals surface area contributed by atoms with Crippen molar-refractivity contribution in [1.82, 2.24) is 19.9 Å². The molecule has 4 rings (SSSR count).